The standard InChI is InChI=1S/C14H26N2O/c1-2-11-7-3-4-8-12(11)16-13(17)14(15)9-5-6-10-14/h11-12H,2-10,15H2,1H3,(H,16,17). The van der Waals surface area contributed by atoms with Gasteiger partial charge in [0, 0.05) is 6.04 Å². The van der Waals surface area contributed by atoms with Gasteiger partial charge < -0.3 is 11.1 Å². The SMILES string of the molecule is CCC1CCCCC1NC(=O)C1(N)CCCC1. The van der Waals surface area contributed by atoms with E-state index in [1.165, 1.54) is 25.7 Å². The van der Waals surface area contributed by atoms with Crippen LogP contribution in [0.15, 0.2) is 0 Å². The van der Waals surface area contributed by atoms with E-state index in [1.54, 1.807) is 0 Å². The lowest BCUT2D eigenvalue weighted by Gasteiger charge is -2.34. The van der Waals surface area contributed by atoms with Crippen molar-refractivity contribution < 1.29 is 4.79 Å². The highest BCUT2D eigenvalue weighted by Gasteiger charge is 2.38. The fourth-order valence-electron chi connectivity index (χ4n) is 3.43. The lowest BCUT2D eigenvalue weighted by atomic mass is 9.82. The van der Waals surface area contributed by atoms with Crippen molar-refractivity contribution in [1.29, 1.82) is 0 Å². The maximum atomic E-state index is 12.3. The molecule has 0 aliphatic heterocycles. The van der Waals surface area contributed by atoms with Crippen LogP contribution in [0.4, 0.5) is 0 Å². The molecule has 98 valence electrons. The lowest BCUT2D eigenvalue weighted by molar-refractivity contribution is -0.127. The van der Waals surface area contributed by atoms with Gasteiger partial charge in [-0.05, 0) is 31.6 Å². The van der Waals surface area contributed by atoms with Crippen molar-refractivity contribution in [1.82, 2.24) is 5.32 Å². The molecule has 0 radical (unpaired) electrons. The average molecular weight is 238 g/mol. The van der Waals surface area contributed by atoms with Gasteiger partial charge in [-0.3, -0.25) is 4.79 Å². The Balaban J connectivity index is 1.92. The summed E-state index contributed by atoms with van der Waals surface area (Å²) in [4.78, 5) is 12.3. The molecule has 2 rings (SSSR count). The first-order valence-corrected chi connectivity index (χ1v) is 7.25. The van der Waals surface area contributed by atoms with Crippen LogP contribution in [0.25, 0.3) is 0 Å². The summed E-state index contributed by atoms with van der Waals surface area (Å²) in [5, 5.41) is 3.24. The van der Waals surface area contributed by atoms with E-state index >= 15 is 0 Å². The molecule has 0 bridgehead atoms. The van der Waals surface area contributed by atoms with Crippen molar-refractivity contribution in [2.24, 2.45) is 11.7 Å². The fourth-order valence-corrected chi connectivity index (χ4v) is 3.43. The summed E-state index contributed by atoms with van der Waals surface area (Å²) in [6, 6.07) is 0.377. The van der Waals surface area contributed by atoms with Crippen molar-refractivity contribution >= 4 is 5.91 Å². The van der Waals surface area contributed by atoms with Crippen LogP contribution in [0.3, 0.4) is 0 Å². The van der Waals surface area contributed by atoms with Gasteiger partial charge >= 0.3 is 0 Å². The smallest absolute Gasteiger partial charge is 0.240 e. The van der Waals surface area contributed by atoms with E-state index < -0.39 is 5.54 Å². The minimum absolute atomic E-state index is 0.111. The Labute approximate surface area is 105 Å². The Kier molecular flexibility index (Phi) is 4.08. The van der Waals surface area contributed by atoms with E-state index in [0.29, 0.717) is 12.0 Å². The third-order valence-corrected chi connectivity index (χ3v) is 4.70. The molecule has 0 saturated heterocycles. The van der Waals surface area contributed by atoms with E-state index in [2.05, 4.69) is 12.2 Å². The van der Waals surface area contributed by atoms with Gasteiger partial charge in [0.25, 0.3) is 0 Å². The largest absolute Gasteiger partial charge is 0.351 e. The number of rotatable bonds is 3. The zero-order chi connectivity index (χ0) is 12.3. The van der Waals surface area contributed by atoms with Crippen LogP contribution in [0.2, 0.25) is 0 Å². The van der Waals surface area contributed by atoms with E-state index in [9.17, 15) is 4.79 Å². The second-order valence-corrected chi connectivity index (χ2v) is 5.90. The number of nitrogens with one attached hydrogen (secondary N) is 1. The zero-order valence-electron chi connectivity index (χ0n) is 11.0. The molecule has 2 atom stereocenters. The Bertz CT molecular complexity index is 271. The van der Waals surface area contributed by atoms with Gasteiger partial charge in [-0.1, -0.05) is 39.0 Å². The van der Waals surface area contributed by atoms with E-state index in [1.807, 2.05) is 0 Å². The molecule has 2 aliphatic carbocycles. The highest BCUT2D eigenvalue weighted by Crippen LogP contribution is 2.30. The minimum Gasteiger partial charge on any atom is -0.351 e. The van der Waals surface area contributed by atoms with Crippen LogP contribution in [-0.2, 0) is 4.79 Å². The Hall–Kier alpha value is -0.570. The monoisotopic (exact) mass is 238 g/mol. The van der Waals surface area contributed by atoms with Crippen LogP contribution in [-0.4, -0.2) is 17.5 Å². The van der Waals surface area contributed by atoms with E-state index in [-0.39, 0.29) is 5.91 Å². The molecular weight excluding hydrogens is 212 g/mol. The average Bonchev–Trinajstić information content (AvgIpc) is 2.78. The summed E-state index contributed by atoms with van der Waals surface area (Å²) in [6.07, 6.45) is 10.1. The third kappa shape index (κ3) is 2.82. The van der Waals surface area contributed by atoms with Crippen molar-refractivity contribution in [3.8, 4) is 0 Å². The molecule has 3 heteroatoms. The maximum Gasteiger partial charge on any atom is 0.240 e. The Morgan fingerprint density at radius 2 is 1.88 bits per heavy atom. The fraction of sp³-hybridized carbons (Fsp3) is 0.929. The first kappa shape index (κ1) is 12.9. The number of hydrogen-bond donors (Lipinski definition) is 2. The molecule has 0 heterocycles. The van der Waals surface area contributed by atoms with Gasteiger partial charge in [-0.2, -0.15) is 0 Å². The second kappa shape index (κ2) is 5.38. The summed E-state index contributed by atoms with van der Waals surface area (Å²) in [7, 11) is 0. The maximum absolute atomic E-state index is 12.3. The minimum atomic E-state index is -0.560. The van der Waals surface area contributed by atoms with Crippen LogP contribution in [0.1, 0.15) is 64.7 Å². The van der Waals surface area contributed by atoms with Crippen LogP contribution in [0.5, 0.6) is 0 Å². The zero-order valence-corrected chi connectivity index (χ0v) is 11.0. The molecule has 3 N–H and O–H groups in total. The van der Waals surface area contributed by atoms with Gasteiger partial charge in [0.15, 0.2) is 0 Å². The molecule has 0 spiro atoms. The van der Waals surface area contributed by atoms with Crippen LogP contribution in [0, 0.1) is 5.92 Å². The van der Waals surface area contributed by atoms with Gasteiger partial charge in [-0.15, -0.1) is 0 Å². The first-order chi connectivity index (χ1) is 8.15. The Morgan fingerprint density at radius 1 is 1.24 bits per heavy atom. The van der Waals surface area contributed by atoms with Gasteiger partial charge in [0.05, 0.1) is 5.54 Å². The predicted octanol–water partition coefficient (Wildman–Crippen LogP) is 2.34. The van der Waals surface area contributed by atoms with Gasteiger partial charge in [0.2, 0.25) is 5.91 Å². The third-order valence-electron chi connectivity index (χ3n) is 4.70. The molecule has 2 fully saturated rings. The molecule has 2 aliphatic rings. The molecule has 1 amide bonds. The summed E-state index contributed by atoms with van der Waals surface area (Å²) in [5.74, 6) is 0.776. The number of amides is 1. The molecule has 0 aromatic rings. The molecule has 2 saturated carbocycles. The van der Waals surface area contributed by atoms with Crippen LogP contribution >= 0.6 is 0 Å². The highest BCUT2D eigenvalue weighted by molar-refractivity contribution is 5.86. The van der Waals surface area contributed by atoms with Crippen molar-refractivity contribution in [2.75, 3.05) is 0 Å². The predicted molar refractivity (Wildman–Crippen MR) is 69.6 cm³/mol. The summed E-state index contributed by atoms with van der Waals surface area (Å²) < 4.78 is 0. The van der Waals surface area contributed by atoms with Crippen molar-refractivity contribution in [3.63, 3.8) is 0 Å². The normalized spacial score (nSPS) is 32.4. The molecule has 0 aromatic heterocycles. The summed E-state index contributed by atoms with van der Waals surface area (Å²) >= 11 is 0. The molecule has 0 aromatic carbocycles. The summed E-state index contributed by atoms with van der Waals surface area (Å²) in [5.41, 5.74) is 5.63. The highest BCUT2D eigenvalue weighted by atomic mass is 16.2. The van der Waals surface area contributed by atoms with Crippen molar-refractivity contribution in [3.05, 3.63) is 0 Å². The summed E-state index contributed by atoms with van der Waals surface area (Å²) in [6.45, 7) is 2.23. The molecule has 2 unspecified atom stereocenters. The molecule has 17 heavy (non-hydrogen) atoms. The topological polar surface area (TPSA) is 55.1 Å². The lowest BCUT2D eigenvalue weighted by Crippen LogP contribution is -2.56. The number of hydrogen-bond acceptors (Lipinski definition) is 2. The van der Waals surface area contributed by atoms with E-state index in [0.717, 1.165) is 32.1 Å². The van der Waals surface area contributed by atoms with E-state index in [4.69, 9.17) is 5.73 Å². The van der Waals surface area contributed by atoms with Gasteiger partial charge in [-0.25, -0.2) is 0 Å². The Morgan fingerprint density at radius 3 is 2.53 bits per heavy atom. The van der Waals surface area contributed by atoms with Crippen molar-refractivity contribution in [2.45, 2.75) is 76.3 Å². The number of carbonyl (C=O) groups excluding carboxylic acids is 1. The first-order valence-electron chi connectivity index (χ1n) is 7.25. The molecular formula is C14H26N2O. The van der Waals surface area contributed by atoms with Gasteiger partial charge in [0.1, 0.15) is 0 Å². The second-order valence-electron chi connectivity index (χ2n) is 5.90. The quantitative estimate of drug-likeness (QED) is 0.793. The molecule has 3 nitrogen and oxygen atoms in total. The van der Waals surface area contributed by atoms with Crippen LogP contribution < -0.4 is 11.1 Å². The number of nitrogens with two attached hydrogens (primary N) is 1. The number of carbonyl (C=O) groups is 1.